The molecule has 4 rings (SSSR count). The van der Waals surface area contributed by atoms with Gasteiger partial charge in [0.05, 0.1) is 18.8 Å². The number of benzene rings is 1. The Kier molecular flexibility index (Phi) is 5.25. The number of nitrogens with zero attached hydrogens (tertiary/aromatic N) is 3. The van der Waals surface area contributed by atoms with E-state index in [1.165, 1.54) is 11.1 Å². The maximum Gasteiger partial charge on any atom is 0.254 e. The fraction of sp³-hybridized carbons (Fsp3) is 0.435. The first-order valence-corrected chi connectivity index (χ1v) is 10.0. The number of aromatic nitrogens is 2. The van der Waals surface area contributed by atoms with Crippen molar-refractivity contribution in [2.45, 2.75) is 57.8 Å². The molecular formula is C23H26N4O2. The second kappa shape index (κ2) is 7.84. The summed E-state index contributed by atoms with van der Waals surface area (Å²) in [6.07, 6.45) is 9.53. The Balaban J connectivity index is 1.39. The van der Waals surface area contributed by atoms with Crippen LogP contribution in [0.4, 0.5) is 5.95 Å². The number of anilines is 1. The highest BCUT2D eigenvalue weighted by Crippen LogP contribution is 2.27. The number of nitrogens with one attached hydrogen (secondary N) is 1. The summed E-state index contributed by atoms with van der Waals surface area (Å²) in [5.74, 6) is 3.09. The molecular weight excluding hydrogens is 364 g/mol. The second-order valence-electron chi connectivity index (χ2n) is 8.16. The monoisotopic (exact) mass is 390 g/mol. The number of hydrogen-bond acceptors (Lipinski definition) is 5. The van der Waals surface area contributed by atoms with Gasteiger partial charge < -0.3 is 15.0 Å². The summed E-state index contributed by atoms with van der Waals surface area (Å²) in [5.41, 5.74) is 3.73. The Hall–Kier alpha value is -2.91. The van der Waals surface area contributed by atoms with Crippen molar-refractivity contribution in [3.8, 4) is 12.3 Å². The Morgan fingerprint density at radius 3 is 2.69 bits per heavy atom. The van der Waals surface area contributed by atoms with Crippen molar-refractivity contribution < 1.29 is 9.53 Å². The van der Waals surface area contributed by atoms with Crippen LogP contribution in [0.25, 0.3) is 0 Å². The van der Waals surface area contributed by atoms with Gasteiger partial charge in [-0.3, -0.25) is 4.79 Å². The van der Waals surface area contributed by atoms with Gasteiger partial charge in [0, 0.05) is 30.8 Å². The van der Waals surface area contributed by atoms with E-state index in [9.17, 15) is 4.79 Å². The van der Waals surface area contributed by atoms with Crippen molar-refractivity contribution in [2.75, 3.05) is 11.9 Å². The van der Waals surface area contributed by atoms with Crippen LogP contribution in [0.1, 0.15) is 42.7 Å². The summed E-state index contributed by atoms with van der Waals surface area (Å²) in [6, 6.07) is 8.81. The maximum atomic E-state index is 12.9. The molecule has 0 fully saturated rings. The summed E-state index contributed by atoms with van der Waals surface area (Å²) in [6.45, 7) is 4.91. The molecule has 0 radical (unpaired) electrons. The molecule has 1 aliphatic heterocycles. The average Bonchev–Trinajstić information content (AvgIpc) is 3.30. The standard InChI is InChI=1S/C23H26N4O2/c1-4-5-10-29-23(2,3)21(28)27-14-18-13-24-22(26-20(18)15-27)25-19-11-16-8-6-7-9-17(16)12-19/h1,6-9,13,19H,5,10-12,14-15H2,2-3H3,(H,24,25,26). The number of ether oxygens (including phenoxy) is 1. The summed E-state index contributed by atoms with van der Waals surface area (Å²) in [5, 5.41) is 3.46. The molecule has 2 aromatic rings. The van der Waals surface area contributed by atoms with Crippen molar-refractivity contribution in [3.05, 3.63) is 52.8 Å². The van der Waals surface area contributed by atoms with E-state index in [2.05, 4.69) is 45.5 Å². The predicted molar refractivity (Wildman–Crippen MR) is 111 cm³/mol. The minimum Gasteiger partial charge on any atom is -0.365 e. The van der Waals surface area contributed by atoms with Crippen LogP contribution in [-0.4, -0.2) is 39.0 Å². The van der Waals surface area contributed by atoms with Gasteiger partial charge in [0.25, 0.3) is 5.91 Å². The van der Waals surface area contributed by atoms with Crippen LogP contribution in [-0.2, 0) is 35.5 Å². The van der Waals surface area contributed by atoms with E-state index in [0.717, 1.165) is 24.1 Å². The van der Waals surface area contributed by atoms with E-state index in [1.807, 2.05) is 6.20 Å². The molecule has 1 N–H and O–H groups in total. The van der Waals surface area contributed by atoms with E-state index in [1.54, 1.807) is 18.7 Å². The quantitative estimate of drug-likeness (QED) is 0.607. The summed E-state index contributed by atoms with van der Waals surface area (Å²) >= 11 is 0. The Morgan fingerprint density at radius 2 is 2.00 bits per heavy atom. The lowest BCUT2D eigenvalue weighted by molar-refractivity contribution is -0.154. The SMILES string of the molecule is C#CCCOC(C)(C)C(=O)N1Cc2cnc(NC3Cc4ccccc4C3)nc2C1. The summed E-state index contributed by atoms with van der Waals surface area (Å²) in [4.78, 5) is 23.8. The molecule has 0 unspecified atom stereocenters. The Labute approximate surface area is 171 Å². The van der Waals surface area contributed by atoms with Crippen molar-refractivity contribution in [1.82, 2.24) is 14.9 Å². The largest absolute Gasteiger partial charge is 0.365 e. The van der Waals surface area contributed by atoms with E-state index in [4.69, 9.17) is 11.2 Å². The van der Waals surface area contributed by atoms with Gasteiger partial charge in [-0.25, -0.2) is 9.97 Å². The Morgan fingerprint density at radius 1 is 1.28 bits per heavy atom. The lowest BCUT2D eigenvalue weighted by Crippen LogP contribution is -2.44. The minimum absolute atomic E-state index is 0.0618. The van der Waals surface area contributed by atoms with E-state index in [0.29, 0.717) is 38.1 Å². The van der Waals surface area contributed by atoms with Crippen LogP contribution in [0.15, 0.2) is 30.5 Å². The van der Waals surface area contributed by atoms with E-state index in [-0.39, 0.29) is 5.91 Å². The van der Waals surface area contributed by atoms with Gasteiger partial charge >= 0.3 is 0 Å². The smallest absolute Gasteiger partial charge is 0.254 e. The van der Waals surface area contributed by atoms with Crippen molar-refractivity contribution >= 4 is 11.9 Å². The third-order valence-corrected chi connectivity index (χ3v) is 5.55. The van der Waals surface area contributed by atoms with Crippen LogP contribution in [0, 0.1) is 12.3 Å². The molecule has 0 spiro atoms. The molecule has 29 heavy (non-hydrogen) atoms. The molecule has 150 valence electrons. The fourth-order valence-corrected chi connectivity index (χ4v) is 4.02. The highest BCUT2D eigenvalue weighted by Gasteiger charge is 2.36. The van der Waals surface area contributed by atoms with Gasteiger partial charge in [-0.05, 0) is 37.8 Å². The lowest BCUT2D eigenvalue weighted by atomic mass is 10.1. The molecule has 2 aliphatic rings. The third kappa shape index (κ3) is 4.10. The first-order chi connectivity index (χ1) is 14.0. The number of carbonyl (C=O) groups excluding carboxylic acids is 1. The Bertz CT molecular complexity index is 939. The van der Waals surface area contributed by atoms with Crippen LogP contribution < -0.4 is 5.32 Å². The molecule has 6 heteroatoms. The van der Waals surface area contributed by atoms with Gasteiger partial charge in [0.1, 0.15) is 5.60 Å². The molecule has 1 aliphatic carbocycles. The molecule has 2 heterocycles. The summed E-state index contributed by atoms with van der Waals surface area (Å²) < 4.78 is 5.70. The minimum atomic E-state index is -0.914. The zero-order valence-corrected chi connectivity index (χ0v) is 16.9. The molecule has 0 bridgehead atoms. The van der Waals surface area contributed by atoms with Crippen LogP contribution >= 0.6 is 0 Å². The van der Waals surface area contributed by atoms with Crippen LogP contribution in [0.2, 0.25) is 0 Å². The number of fused-ring (bicyclic) bond motifs is 2. The number of carbonyl (C=O) groups is 1. The lowest BCUT2D eigenvalue weighted by Gasteiger charge is -2.28. The van der Waals surface area contributed by atoms with E-state index >= 15 is 0 Å². The van der Waals surface area contributed by atoms with Gasteiger partial charge in [0.2, 0.25) is 5.95 Å². The highest BCUT2D eigenvalue weighted by molar-refractivity contribution is 5.84. The maximum absolute atomic E-state index is 12.9. The van der Waals surface area contributed by atoms with Gasteiger partial charge in [-0.1, -0.05) is 24.3 Å². The van der Waals surface area contributed by atoms with Crippen molar-refractivity contribution in [3.63, 3.8) is 0 Å². The first kappa shape index (κ1) is 19.4. The molecule has 0 saturated carbocycles. The number of rotatable bonds is 6. The second-order valence-corrected chi connectivity index (χ2v) is 8.16. The van der Waals surface area contributed by atoms with Crippen LogP contribution in [0.3, 0.4) is 0 Å². The molecule has 0 atom stereocenters. The molecule has 1 aromatic heterocycles. The normalized spacial score (nSPS) is 15.7. The zero-order valence-electron chi connectivity index (χ0n) is 16.9. The molecule has 0 saturated heterocycles. The first-order valence-electron chi connectivity index (χ1n) is 10.0. The number of hydrogen-bond donors (Lipinski definition) is 1. The molecule has 1 aromatic carbocycles. The van der Waals surface area contributed by atoms with Crippen molar-refractivity contribution in [1.29, 1.82) is 0 Å². The summed E-state index contributed by atoms with van der Waals surface area (Å²) in [7, 11) is 0. The van der Waals surface area contributed by atoms with Crippen molar-refractivity contribution in [2.24, 2.45) is 0 Å². The topological polar surface area (TPSA) is 67.3 Å². The molecule has 6 nitrogen and oxygen atoms in total. The van der Waals surface area contributed by atoms with Gasteiger partial charge in [-0.2, -0.15) is 0 Å². The fourth-order valence-electron chi connectivity index (χ4n) is 4.02. The number of terminal acetylenes is 1. The molecule has 1 amide bonds. The van der Waals surface area contributed by atoms with Gasteiger partial charge in [-0.15, -0.1) is 12.3 Å². The third-order valence-electron chi connectivity index (χ3n) is 5.55. The van der Waals surface area contributed by atoms with Crippen LogP contribution in [0.5, 0.6) is 0 Å². The van der Waals surface area contributed by atoms with Gasteiger partial charge in [0.15, 0.2) is 0 Å². The number of amides is 1. The zero-order chi connectivity index (χ0) is 20.4. The predicted octanol–water partition coefficient (Wildman–Crippen LogP) is 2.72. The highest BCUT2D eigenvalue weighted by atomic mass is 16.5. The van der Waals surface area contributed by atoms with E-state index < -0.39 is 5.60 Å². The average molecular weight is 390 g/mol.